The highest BCUT2D eigenvalue weighted by Crippen LogP contribution is 2.55. The molecule has 126 valence electrons. The van der Waals surface area contributed by atoms with Crippen molar-refractivity contribution in [2.24, 2.45) is 5.92 Å². The molecule has 2 N–H and O–H groups in total. The lowest BCUT2D eigenvalue weighted by Crippen LogP contribution is -2.32. The summed E-state index contributed by atoms with van der Waals surface area (Å²) < 4.78 is 33.1. The number of amides is 2. The molecule has 2 aliphatic rings. The molecule has 1 aliphatic carbocycles. The molecule has 2 amide bonds. The van der Waals surface area contributed by atoms with Gasteiger partial charge in [0.05, 0.1) is 12.2 Å². The van der Waals surface area contributed by atoms with E-state index in [2.05, 4.69) is 15.6 Å². The van der Waals surface area contributed by atoms with Gasteiger partial charge in [-0.3, -0.25) is 5.32 Å². The van der Waals surface area contributed by atoms with Crippen LogP contribution < -0.4 is 15.4 Å². The van der Waals surface area contributed by atoms with Crippen LogP contribution in [0.25, 0.3) is 0 Å². The number of benzene rings is 1. The van der Waals surface area contributed by atoms with E-state index in [4.69, 9.17) is 10.00 Å². The Hall–Kier alpha value is -3.21. The van der Waals surface area contributed by atoms with Crippen LogP contribution in [0.5, 0.6) is 5.75 Å². The zero-order valence-corrected chi connectivity index (χ0v) is 12.8. The van der Waals surface area contributed by atoms with E-state index in [-0.39, 0.29) is 41.6 Å². The number of ether oxygens (including phenoxy) is 1. The number of anilines is 1. The number of nitrogens with zero attached hydrogens (tertiary/aromatic N) is 2. The third-order valence-corrected chi connectivity index (χ3v) is 4.45. The molecule has 2 aromatic rings. The third kappa shape index (κ3) is 2.63. The summed E-state index contributed by atoms with van der Waals surface area (Å²) in [5.74, 6) is -1.33. The average molecular weight is 342 g/mol. The summed E-state index contributed by atoms with van der Waals surface area (Å²) in [5.41, 5.74) is 0.559. The molecule has 0 spiro atoms. The zero-order valence-electron chi connectivity index (χ0n) is 12.8. The number of aromatic nitrogens is 1. The fraction of sp³-hybridized carbons (Fsp3) is 0.235. The summed E-state index contributed by atoms with van der Waals surface area (Å²) in [6.45, 7) is 0.220. The number of carbonyl (C=O) groups excluding carboxylic acids is 1. The molecule has 0 radical (unpaired) electrons. The van der Waals surface area contributed by atoms with E-state index in [0.717, 1.165) is 12.1 Å². The lowest BCUT2D eigenvalue weighted by atomic mass is 10.0. The maximum absolute atomic E-state index is 14.0. The molecule has 1 aliphatic heterocycles. The van der Waals surface area contributed by atoms with Crippen molar-refractivity contribution in [1.29, 1.82) is 5.26 Å². The van der Waals surface area contributed by atoms with Gasteiger partial charge in [-0.05, 0) is 24.3 Å². The maximum Gasteiger partial charge on any atom is 0.320 e. The van der Waals surface area contributed by atoms with Gasteiger partial charge >= 0.3 is 6.03 Å². The van der Waals surface area contributed by atoms with Crippen LogP contribution in [0.4, 0.5) is 19.4 Å². The Kier molecular flexibility index (Phi) is 3.50. The Morgan fingerprint density at radius 2 is 2.08 bits per heavy atom. The number of rotatable bonds is 2. The van der Waals surface area contributed by atoms with Gasteiger partial charge in [0.1, 0.15) is 17.7 Å². The largest absolute Gasteiger partial charge is 0.490 e. The molecule has 4 rings (SSSR count). The SMILES string of the molecule is N#Cc1ccc(NC(=O)N[C@@H]2[C@@H]3COc4c(F)ccc(F)c4[C@@H]32)nc1. The molecule has 6 nitrogen and oxygen atoms in total. The van der Waals surface area contributed by atoms with Crippen LogP contribution in [0, 0.1) is 28.9 Å². The molecule has 1 aromatic heterocycles. The summed E-state index contributed by atoms with van der Waals surface area (Å²) in [4.78, 5) is 16.0. The first-order chi connectivity index (χ1) is 12.1. The molecule has 1 saturated carbocycles. The Morgan fingerprint density at radius 1 is 1.28 bits per heavy atom. The van der Waals surface area contributed by atoms with Gasteiger partial charge < -0.3 is 10.1 Å². The zero-order chi connectivity index (χ0) is 17.6. The summed E-state index contributed by atoms with van der Waals surface area (Å²) in [6.07, 6.45) is 1.34. The van der Waals surface area contributed by atoms with Crippen molar-refractivity contribution >= 4 is 11.8 Å². The molecule has 8 heteroatoms. The normalized spacial score (nSPS) is 22.7. The van der Waals surface area contributed by atoms with E-state index in [9.17, 15) is 13.6 Å². The highest BCUT2D eigenvalue weighted by atomic mass is 19.1. The monoisotopic (exact) mass is 342 g/mol. The van der Waals surface area contributed by atoms with Gasteiger partial charge in [-0.25, -0.2) is 18.6 Å². The predicted octanol–water partition coefficient (Wildman–Crippen LogP) is 2.53. The first-order valence-electron chi connectivity index (χ1n) is 7.63. The molecule has 0 saturated heterocycles. The Balaban J connectivity index is 1.45. The molecule has 1 fully saturated rings. The van der Waals surface area contributed by atoms with Crippen LogP contribution in [-0.4, -0.2) is 23.7 Å². The summed E-state index contributed by atoms with van der Waals surface area (Å²) in [7, 11) is 0. The number of hydrogen-bond donors (Lipinski definition) is 2. The predicted molar refractivity (Wildman–Crippen MR) is 83.0 cm³/mol. The number of nitriles is 1. The number of urea groups is 1. The minimum absolute atomic E-state index is 0.0697. The van der Waals surface area contributed by atoms with Crippen molar-refractivity contribution in [3.05, 3.63) is 53.2 Å². The standard InChI is InChI=1S/C17H12F2N4O2/c18-10-2-3-11(19)16-14(10)13-9(7-25-16)15(13)23-17(24)22-12-4-1-8(5-20)6-21-12/h1-4,6,9,13,15H,7H2,(H2,21,22,23,24)/t9-,13-,15-/m1/s1. The molecule has 2 heterocycles. The van der Waals surface area contributed by atoms with E-state index in [1.165, 1.54) is 18.3 Å². The summed E-state index contributed by atoms with van der Waals surface area (Å²) in [5, 5.41) is 14.0. The van der Waals surface area contributed by atoms with Gasteiger partial charge in [-0.2, -0.15) is 5.26 Å². The fourth-order valence-electron chi connectivity index (χ4n) is 3.20. The van der Waals surface area contributed by atoms with E-state index in [1.807, 2.05) is 6.07 Å². The smallest absolute Gasteiger partial charge is 0.320 e. The highest BCUT2D eigenvalue weighted by molar-refractivity contribution is 5.89. The van der Waals surface area contributed by atoms with E-state index >= 15 is 0 Å². The van der Waals surface area contributed by atoms with Gasteiger partial charge in [0.2, 0.25) is 0 Å². The van der Waals surface area contributed by atoms with Crippen molar-refractivity contribution in [2.45, 2.75) is 12.0 Å². The molecule has 25 heavy (non-hydrogen) atoms. The number of carbonyl (C=O) groups is 1. The van der Waals surface area contributed by atoms with Crippen LogP contribution in [0.1, 0.15) is 17.0 Å². The van der Waals surface area contributed by atoms with Gasteiger partial charge in [0.25, 0.3) is 0 Å². The molecular weight excluding hydrogens is 330 g/mol. The van der Waals surface area contributed by atoms with Gasteiger partial charge in [0.15, 0.2) is 11.6 Å². The molecule has 0 bridgehead atoms. The van der Waals surface area contributed by atoms with Crippen LogP contribution in [-0.2, 0) is 0 Å². The second kappa shape index (κ2) is 5.70. The summed E-state index contributed by atoms with van der Waals surface area (Å²) in [6, 6.07) is 6.22. The molecule has 0 unspecified atom stereocenters. The van der Waals surface area contributed by atoms with Crippen molar-refractivity contribution < 1.29 is 18.3 Å². The average Bonchev–Trinajstić information content (AvgIpc) is 3.31. The lowest BCUT2D eigenvalue weighted by Gasteiger charge is -2.16. The minimum Gasteiger partial charge on any atom is -0.490 e. The fourth-order valence-corrected chi connectivity index (χ4v) is 3.20. The molecule has 1 aromatic carbocycles. The van der Waals surface area contributed by atoms with Crippen molar-refractivity contribution in [2.75, 3.05) is 11.9 Å². The van der Waals surface area contributed by atoms with Crippen LogP contribution >= 0.6 is 0 Å². The van der Waals surface area contributed by atoms with Crippen molar-refractivity contribution in [3.63, 3.8) is 0 Å². The number of fused-ring (bicyclic) bond motifs is 3. The van der Waals surface area contributed by atoms with E-state index < -0.39 is 17.7 Å². The second-order valence-electron chi connectivity index (χ2n) is 5.94. The molecule has 3 atom stereocenters. The number of nitrogens with one attached hydrogen (secondary N) is 2. The lowest BCUT2D eigenvalue weighted by molar-refractivity contribution is 0.247. The number of halogens is 2. The first-order valence-corrected chi connectivity index (χ1v) is 7.63. The van der Waals surface area contributed by atoms with Crippen LogP contribution in [0.3, 0.4) is 0 Å². The topological polar surface area (TPSA) is 87.0 Å². The number of pyridine rings is 1. The van der Waals surface area contributed by atoms with Gasteiger partial charge in [-0.15, -0.1) is 0 Å². The van der Waals surface area contributed by atoms with Gasteiger partial charge in [-0.1, -0.05) is 0 Å². The number of hydrogen-bond acceptors (Lipinski definition) is 4. The van der Waals surface area contributed by atoms with Crippen molar-refractivity contribution in [1.82, 2.24) is 10.3 Å². The highest BCUT2D eigenvalue weighted by Gasteiger charge is 2.57. The van der Waals surface area contributed by atoms with E-state index in [1.54, 1.807) is 0 Å². The maximum atomic E-state index is 14.0. The quantitative estimate of drug-likeness (QED) is 0.878. The van der Waals surface area contributed by atoms with Crippen LogP contribution in [0.2, 0.25) is 0 Å². The second-order valence-corrected chi connectivity index (χ2v) is 5.94. The molecular formula is C17H12F2N4O2. The minimum atomic E-state index is -0.605. The third-order valence-electron chi connectivity index (χ3n) is 4.45. The van der Waals surface area contributed by atoms with Gasteiger partial charge in [0, 0.05) is 29.6 Å². The Morgan fingerprint density at radius 3 is 2.80 bits per heavy atom. The Bertz CT molecular complexity index is 895. The van der Waals surface area contributed by atoms with Crippen molar-refractivity contribution in [3.8, 4) is 11.8 Å². The van der Waals surface area contributed by atoms with E-state index in [0.29, 0.717) is 5.56 Å². The van der Waals surface area contributed by atoms with Crippen LogP contribution in [0.15, 0.2) is 30.5 Å². The Labute approximate surface area is 141 Å². The first kappa shape index (κ1) is 15.3. The summed E-state index contributed by atoms with van der Waals surface area (Å²) >= 11 is 0.